The molecule has 1 aromatic heterocycles. The van der Waals surface area contributed by atoms with Crippen molar-refractivity contribution >= 4 is 11.8 Å². The summed E-state index contributed by atoms with van der Waals surface area (Å²) in [6.45, 7) is 2.59. The van der Waals surface area contributed by atoms with E-state index in [0.717, 1.165) is 0 Å². The smallest absolute Gasteiger partial charge is 0.271 e. The Kier molecular flexibility index (Phi) is 6.20. The van der Waals surface area contributed by atoms with Crippen LogP contribution in [0, 0.1) is 11.8 Å². The molecule has 0 spiro atoms. The Morgan fingerprint density at radius 2 is 2.25 bits per heavy atom. The van der Waals surface area contributed by atoms with E-state index in [9.17, 15) is 9.59 Å². The fourth-order valence-electron chi connectivity index (χ4n) is 1.38. The number of carbonyl (C=O) groups excluding carboxylic acids is 2. The van der Waals surface area contributed by atoms with Crippen LogP contribution in [0.25, 0.3) is 0 Å². The van der Waals surface area contributed by atoms with Crippen LogP contribution in [0.4, 0.5) is 0 Å². The number of amides is 2. The topological polar surface area (TPSA) is 88.3 Å². The molecule has 0 aromatic carbocycles. The van der Waals surface area contributed by atoms with E-state index in [-0.39, 0.29) is 24.7 Å². The van der Waals surface area contributed by atoms with E-state index in [4.69, 9.17) is 5.73 Å². The SMILES string of the molecule is CCN(C)C(=O)CNC(=O)c1ncccc1C#CCN. The third kappa shape index (κ3) is 4.37. The van der Waals surface area contributed by atoms with Gasteiger partial charge in [-0.2, -0.15) is 0 Å². The Bertz CT molecular complexity index is 546. The second-order valence-corrected chi connectivity index (χ2v) is 4.00. The predicted octanol–water partition coefficient (Wildman–Crippen LogP) is -0.400. The third-order valence-electron chi connectivity index (χ3n) is 2.65. The summed E-state index contributed by atoms with van der Waals surface area (Å²) < 4.78 is 0. The number of nitrogens with zero attached hydrogens (tertiary/aromatic N) is 2. The van der Waals surface area contributed by atoms with Crippen molar-refractivity contribution in [1.82, 2.24) is 15.2 Å². The van der Waals surface area contributed by atoms with Crippen LogP contribution in [0.5, 0.6) is 0 Å². The van der Waals surface area contributed by atoms with E-state index in [0.29, 0.717) is 12.1 Å². The summed E-state index contributed by atoms with van der Waals surface area (Å²) >= 11 is 0. The van der Waals surface area contributed by atoms with E-state index < -0.39 is 5.91 Å². The number of pyridine rings is 1. The minimum atomic E-state index is -0.426. The summed E-state index contributed by atoms with van der Waals surface area (Å²) in [5.41, 5.74) is 5.99. The van der Waals surface area contributed by atoms with Gasteiger partial charge >= 0.3 is 0 Å². The molecule has 0 fully saturated rings. The first kappa shape index (κ1) is 15.7. The van der Waals surface area contributed by atoms with Crippen LogP contribution < -0.4 is 11.1 Å². The maximum Gasteiger partial charge on any atom is 0.271 e. The number of hydrogen-bond donors (Lipinski definition) is 2. The molecule has 106 valence electrons. The highest BCUT2D eigenvalue weighted by Gasteiger charge is 2.13. The quantitative estimate of drug-likeness (QED) is 0.731. The monoisotopic (exact) mass is 274 g/mol. The summed E-state index contributed by atoms with van der Waals surface area (Å²) in [7, 11) is 1.67. The average Bonchev–Trinajstić information content (AvgIpc) is 2.49. The van der Waals surface area contributed by atoms with Crippen molar-refractivity contribution in [3.63, 3.8) is 0 Å². The van der Waals surface area contributed by atoms with E-state index >= 15 is 0 Å². The maximum atomic E-state index is 12.0. The molecule has 0 saturated heterocycles. The number of carbonyl (C=O) groups is 2. The number of aromatic nitrogens is 1. The fourth-order valence-corrected chi connectivity index (χ4v) is 1.38. The fraction of sp³-hybridized carbons (Fsp3) is 0.357. The van der Waals surface area contributed by atoms with Crippen molar-refractivity contribution in [1.29, 1.82) is 0 Å². The van der Waals surface area contributed by atoms with Gasteiger partial charge in [0, 0.05) is 19.8 Å². The highest BCUT2D eigenvalue weighted by atomic mass is 16.2. The molecule has 1 aromatic rings. The molecular weight excluding hydrogens is 256 g/mol. The normalized spacial score (nSPS) is 9.35. The molecule has 6 heteroatoms. The van der Waals surface area contributed by atoms with Gasteiger partial charge in [0.2, 0.25) is 5.91 Å². The summed E-state index contributed by atoms with van der Waals surface area (Å²) in [5.74, 6) is 4.87. The van der Waals surface area contributed by atoms with Crippen molar-refractivity contribution in [3.05, 3.63) is 29.6 Å². The zero-order valence-electron chi connectivity index (χ0n) is 11.6. The lowest BCUT2D eigenvalue weighted by Crippen LogP contribution is -2.38. The van der Waals surface area contributed by atoms with Crippen LogP contribution in [0.1, 0.15) is 23.0 Å². The van der Waals surface area contributed by atoms with E-state index in [1.54, 1.807) is 19.2 Å². The Labute approximate surface area is 118 Å². The number of likely N-dealkylation sites (N-methyl/N-ethyl adjacent to an activating group) is 1. The first-order chi connectivity index (χ1) is 9.60. The summed E-state index contributed by atoms with van der Waals surface area (Å²) in [4.78, 5) is 29.1. The van der Waals surface area contributed by atoms with Gasteiger partial charge in [-0.05, 0) is 19.1 Å². The number of rotatable bonds is 4. The zero-order valence-corrected chi connectivity index (χ0v) is 11.6. The minimum absolute atomic E-state index is 0.0660. The lowest BCUT2D eigenvalue weighted by molar-refractivity contribution is -0.128. The molecule has 1 rings (SSSR count). The standard InChI is InChI=1S/C14H18N4O2/c1-3-18(2)12(19)10-17-14(20)13-11(6-4-8-15)7-5-9-16-13/h5,7,9H,3,8,10,15H2,1-2H3,(H,17,20). The van der Waals surface area contributed by atoms with Crippen molar-refractivity contribution in [2.45, 2.75) is 6.92 Å². The second-order valence-electron chi connectivity index (χ2n) is 4.00. The van der Waals surface area contributed by atoms with E-state index in [1.165, 1.54) is 11.1 Å². The highest BCUT2D eigenvalue weighted by molar-refractivity contribution is 5.96. The van der Waals surface area contributed by atoms with Crippen LogP contribution in [0.15, 0.2) is 18.3 Å². The Balaban J connectivity index is 2.75. The molecule has 20 heavy (non-hydrogen) atoms. The maximum absolute atomic E-state index is 12.0. The van der Waals surface area contributed by atoms with E-state index in [1.807, 2.05) is 6.92 Å². The summed E-state index contributed by atoms with van der Waals surface area (Å²) in [5, 5.41) is 2.54. The molecule has 0 aliphatic rings. The van der Waals surface area contributed by atoms with Gasteiger partial charge in [-0.1, -0.05) is 11.8 Å². The van der Waals surface area contributed by atoms with Crippen molar-refractivity contribution in [3.8, 4) is 11.8 Å². The Hall–Kier alpha value is -2.39. The molecule has 3 N–H and O–H groups in total. The first-order valence-corrected chi connectivity index (χ1v) is 6.26. The number of nitrogens with one attached hydrogen (secondary N) is 1. The Morgan fingerprint density at radius 3 is 2.90 bits per heavy atom. The van der Waals surface area contributed by atoms with Gasteiger partial charge in [0.1, 0.15) is 5.69 Å². The lowest BCUT2D eigenvalue weighted by Gasteiger charge is -2.14. The highest BCUT2D eigenvalue weighted by Crippen LogP contribution is 2.03. The van der Waals surface area contributed by atoms with E-state index in [2.05, 4.69) is 22.1 Å². The van der Waals surface area contributed by atoms with Gasteiger partial charge in [0.05, 0.1) is 18.7 Å². The molecule has 1 heterocycles. The van der Waals surface area contributed by atoms with Gasteiger partial charge in [0.15, 0.2) is 0 Å². The lowest BCUT2D eigenvalue weighted by atomic mass is 10.2. The number of hydrogen-bond acceptors (Lipinski definition) is 4. The van der Waals surface area contributed by atoms with Gasteiger partial charge < -0.3 is 16.0 Å². The van der Waals surface area contributed by atoms with Crippen molar-refractivity contribution in [2.75, 3.05) is 26.7 Å². The summed E-state index contributed by atoms with van der Waals surface area (Å²) in [6.07, 6.45) is 1.50. The van der Waals surface area contributed by atoms with Crippen LogP contribution in [-0.4, -0.2) is 48.4 Å². The average molecular weight is 274 g/mol. The van der Waals surface area contributed by atoms with Crippen LogP contribution >= 0.6 is 0 Å². The van der Waals surface area contributed by atoms with Crippen LogP contribution in [0.3, 0.4) is 0 Å². The molecule has 0 aliphatic heterocycles. The molecule has 2 amide bonds. The molecule has 0 atom stereocenters. The van der Waals surface area contributed by atoms with Crippen molar-refractivity contribution in [2.24, 2.45) is 5.73 Å². The summed E-state index contributed by atoms with van der Waals surface area (Å²) in [6, 6.07) is 3.37. The zero-order chi connectivity index (χ0) is 15.0. The van der Waals surface area contributed by atoms with Gasteiger partial charge in [0.25, 0.3) is 5.91 Å². The van der Waals surface area contributed by atoms with Gasteiger partial charge in [-0.25, -0.2) is 4.98 Å². The first-order valence-electron chi connectivity index (χ1n) is 6.26. The predicted molar refractivity (Wildman–Crippen MR) is 75.8 cm³/mol. The second kappa shape index (κ2) is 7.92. The molecule has 0 aliphatic carbocycles. The van der Waals surface area contributed by atoms with Crippen LogP contribution in [-0.2, 0) is 4.79 Å². The molecular formula is C14H18N4O2. The third-order valence-corrected chi connectivity index (χ3v) is 2.65. The number of nitrogens with two attached hydrogens (primary N) is 1. The molecule has 0 saturated carbocycles. The van der Waals surface area contributed by atoms with Gasteiger partial charge in [-0.15, -0.1) is 0 Å². The van der Waals surface area contributed by atoms with Gasteiger partial charge in [-0.3, -0.25) is 9.59 Å². The van der Waals surface area contributed by atoms with Crippen LogP contribution in [0.2, 0.25) is 0 Å². The largest absolute Gasteiger partial charge is 0.345 e. The minimum Gasteiger partial charge on any atom is -0.345 e. The molecule has 0 bridgehead atoms. The Morgan fingerprint density at radius 1 is 1.50 bits per heavy atom. The molecule has 0 radical (unpaired) electrons. The molecule has 6 nitrogen and oxygen atoms in total. The van der Waals surface area contributed by atoms with Crippen molar-refractivity contribution < 1.29 is 9.59 Å². The molecule has 0 unspecified atom stereocenters.